The summed E-state index contributed by atoms with van der Waals surface area (Å²) in [6.45, 7) is 18.1. The van der Waals surface area contributed by atoms with Gasteiger partial charge < -0.3 is 8.85 Å². The topological polar surface area (TPSA) is 18.5 Å². The highest BCUT2D eigenvalue weighted by Gasteiger charge is 2.36. The quantitative estimate of drug-likeness (QED) is 0.673. The zero-order valence-electron chi connectivity index (χ0n) is 10.6. The first kappa shape index (κ1) is 13.9. The Hall–Kier alpha value is -0.123. The Morgan fingerprint density at radius 1 is 0.929 bits per heavy atom. The molecule has 0 fully saturated rings. The third-order valence-electron chi connectivity index (χ3n) is 1.39. The average molecular weight is 216 g/mol. The largest absolute Gasteiger partial charge is 0.386 e. The molecule has 14 heavy (non-hydrogen) atoms. The van der Waals surface area contributed by atoms with Crippen LogP contribution in [0.3, 0.4) is 0 Å². The summed E-state index contributed by atoms with van der Waals surface area (Å²) in [5, 5.41) is 0. The first-order chi connectivity index (χ1) is 5.97. The second-order valence-electron chi connectivity index (χ2n) is 5.65. The Labute approximate surface area is 89.6 Å². The molecule has 0 spiro atoms. The van der Waals surface area contributed by atoms with Crippen LogP contribution in [-0.2, 0) is 8.85 Å². The van der Waals surface area contributed by atoms with Gasteiger partial charge in [-0.25, -0.2) is 0 Å². The minimum absolute atomic E-state index is 0.180. The molecule has 0 unspecified atom stereocenters. The van der Waals surface area contributed by atoms with Gasteiger partial charge >= 0.3 is 8.56 Å². The van der Waals surface area contributed by atoms with Crippen LogP contribution in [0.25, 0.3) is 0 Å². The van der Waals surface area contributed by atoms with Gasteiger partial charge in [0.1, 0.15) is 0 Å². The third-order valence-corrected chi connectivity index (χ3v) is 4.17. The van der Waals surface area contributed by atoms with Gasteiger partial charge in [-0.1, -0.05) is 0 Å². The van der Waals surface area contributed by atoms with E-state index in [1.807, 2.05) is 53.8 Å². The van der Waals surface area contributed by atoms with Gasteiger partial charge in [-0.3, -0.25) is 0 Å². The molecular formula is C11H24O2Si. The molecule has 0 aliphatic carbocycles. The molecule has 0 aromatic rings. The van der Waals surface area contributed by atoms with Crippen LogP contribution in [0.2, 0.25) is 6.55 Å². The van der Waals surface area contributed by atoms with Crippen molar-refractivity contribution in [3.8, 4) is 0 Å². The summed E-state index contributed by atoms with van der Waals surface area (Å²) < 4.78 is 11.9. The molecule has 3 heteroatoms. The molecule has 0 radical (unpaired) electrons. The molecule has 0 atom stereocenters. The molecule has 0 aliphatic rings. The predicted octanol–water partition coefficient (Wildman–Crippen LogP) is 3.41. The van der Waals surface area contributed by atoms with E-state index in [0.29, 0.717) is 0 Å². The first-order valence-corrected chi connectivity index (χ1v) is 7.41. The van der Waals surface area contributed by atoms with E-state index < -0.39 is 8.56 Å². The molecule has 0 rings (SSSR count). The molecule has 84 valence electrons. The smallest absolute Gasteiger partial charge is 0.362 e. The normalized spacial score (nSPS) is 14.2. The van der Waals surface area contributed by atoms with Crippen molar-refractivity contribution < 1.29 is 8.85 Å². The fraction of sp³-hybridized carbons (Fsp3) is 0.818. The zero-order chi connectivity index (χ0) is 11.6. The van der Waals surface area contributed by atoms with Crippen LogP contribution in [0.4, 0.5) is 0 Å². The van der Waals surface area contributed by atoms with Gasteiger partial charge in [0.15, 0.2) is 0 Å². The highest BCUT2D eigenvalue weighted by Crippen LogP contribution is 2.23. The Morgan fingerprint density at radius 3 is 1.36 bits per heavy atom. The van der Waals surface area contributed by atoms with Crippen molar-refractivity contribution in [3.63, 3.8) is 0 Å². The number of hydrogen-bond acceptors (Lipinski definition) is 2. The summed E-state index contributed by atoms with van der Waals surface area (Å²) in [7, 11) is -2.23. The van der Waals surface area contributed by atoms with E-state index in [4.69, 9.17) is 8.85 Å². The van der Waals surface area contributed by atoms with Crippen LogP contribution in [0.15, 0.2) is 12.3 Å². The van der Waals surface area contributed by atoms with Crippen molar-refractivity contribution in [1.29, 1.82) is 0 Å². The third kappa shape index (κ3) is 6.35. The molecule has 0 saturated heterocycles. The van der Waals surface area contributed by atoms with Gasteiger partial charge in [-0.15, -0.1) is 6.58 Å². The fourth-order valence-electron chi connectivity index (χ4n) is 1.32. The first-order valence-electron chi connectivity index (χ1n) is 5.01. The van der Waals surface area contributed by atoms with Crippen molar-refractivity contribution in [3.05, 3.63) is 12.3 Å². The molecule has 0 amide bonds. The maximum absolute atomic E-state index is 5.95. The molecular weight excluding hydrogens is 192 g/mol. The summed E-state index contributed by atoms with van der Waals surface area (Å²) in [6.07, 6.45) is 0. The SMILES string of the molecule is C=C[Si](C)(OC(C)(C)C)OC(C)(C)C. The highest BCUT2D eigenvalue weighted by atomic mass is 28.4. The summed E-state index contributed by atoms with van der Waals surface area (Å²) >= 11 is 0. The lowest BCUT2D eigenvalue weighted by atomic mass is 10.2. The van der Waals surface area contributed by atoms with E-state index in [-0.39, 0.29) is 11.2 Å². The van der Waals surface area contributed by atoms with Crippen LogP contribution in [-0.4, -0.2) is 19.8 Å². The second kappa shape index (κ2) is 4.17. The van der Waals surface area contributed by atoms with Crippen LogP contribution in [0, 0.1) is 0 Å². The van der Waals surface area contributed by atoms with Gasteiger partial charge in [-0.05, 0) is 53.8 Å². The lowest BCUT2D eigenvalue weighted by molar-refractivity contribution is 0.0247. The molecule has 0 bridgehead atoms. The maximum atomic E-state index is 5.95. The molecule has 2 nitrogen and oxygen atoms in total. The van der Waals surface area contributed by atoms with Gasteiger partial charge in [-0.2, -0.15) is 0 Å². The van der Waals surface area contributed by atoms with Crippen LogP contribution >= 0.6 is 0 Å². The van der Waals surface area contributed by atoms with Crippen LogP contribution in [0.1, 0.15) is 41.5 Å². The Balaban J connectivity index is 4.57. The number of rotatable bonds is 3. The van der Waals surface area contributed by atoms with E-state index in [0.717, 1.165) is 0 Å². The predicted molar refractivity (Wildman–Crippen MR) is 63.5 cm³/mol. The van der Waals surface area contributed by atoms with E-state index in [1.165, 1.54) is 0 Å². The molecule has 0 heterocycles. The highest BCUT2D eigenvalue weighted by molar-refractivity contribution is 6.71. The van der Waals surface area contributed by atoms with Crippen molar-refractivity contribution in [2.24, 2.45) is 0 Å². The van der Waals surface area contributed by atoms with E-state index in [2.05, 4.69) is 6.58 Å². The van der Waals surface area contributed by atoms with Crippen LogP contribution in [0.5, 0.6) is 0 Å². The Morgan fingerprint density at radius 2 is 1.21 bits per heavy atom. The molecule has 0 saturated carbocycles. The Kier molecular flexibility index (Phi) is 4.13. The second-order valence-corrected chi connectivity index (χ2v) is 8.50. The summed E-state index contributed by atoms with van der Waals surface area (Å²) in [5.41, 5.74) is 1.48. The maximum Gasteiger partial charge on any atom is 0.362 e. The monoisotopic (exact) mass is 216 g/mol. The van der Waals surface area contributed by atoms with Crippen molar-refractivity contribution in [1.82, 2.24) is 0 Å². The summed E-state index contributed by atoms with van der Waals surface area (Å²) in [5.74, 6) is 0. The lowest BCUT2D eigenvalue weighted by Crippen LogP contribution is -2.47. The minimum Gasteiger partial charge on any atom is -0.386 e. The zero-order valence-corrected chi connectivity index (χ0v) is 11.6. The molecule has 0 aromatic carbocycles. The van der Waals surface area contributed by atoms with Crippen molar-refractivity contribution in [2.75, 3.05) is 0 Å². The van der Waals surface area contributed by atoms with Gasteiger partial charge in [0.2, 0.25) is 0 Å². The van der Waals surface area contributed by atoms with Crippen molar-refractivity contribution >= 4 is 8.56 Å². The minimum atomic E-state index is -2.23. The molecule has 0 aliphatic heterocycles. The van der Waals surface area contributed by atoms with Gasteiger partial charge in [0.05, 0.1) is 11.2 Å². The van der Waals surface area contributed by atoms with E-state index in [1.54, 1.807) is 0 Å². The average Bonchev–Trinajstić information content (AvgIpc) is 1.78. The Bertz CT molecular complexity index is 182. The number of hydrogen-bond donors (Lipinski definition) is 0. The fourth-order valence-corrected chi connectivity index (χ4v) is 3.96. The summed E-state index contributed by atoms with van der Waals surface area (Å²) in [4.78, 5) is 0. The van der Waals surface area contributed by atoms with Gasteiger partial charge in [0.25, 0.3) is 0 Å². The molecule has 0 aromatic heterocycles. The lowest BCUT2D eigenvalue weighted by Gasteiger charge is -2.36. The van der Waals surface area contributed by atoms with Crippen LogP contribution < -0.4 is 0 Å². The van der Waals surface area contributed by atoms with E-state index in [9.17, 15) is 0 Å². The van der Waals surface area contributed by atoms with Gasteiger partial charge in [0, 0.05) is 0 Å². The summed E-state index contributed by atoms with van der Waals surface area (Å²) in [6, 6.07) is 0. The van der Waals surface area contributed by atoms with Crippen molar-refractivity contribution in [2.45, 2.75) is 59.3 Å². The standard InChI is InChI=1S/C11H24O2Si/c1-9-14(8,12-10(2,3)4)13-11(5,6)7/h9H,1H2,2-8H3. The van der Waals surface area contributed by atoms with E-state index >= 15 is 0 Å². The molecule has 0 N–H and O–H groups in total.